The van der Waals surface area contributed by atoms with Crippen LogP contribution in [0.3, 0.4) is 0 Å². The van der Waals surface area contributed by atoms with Crippen molar-refractivity contribution in [1.82, 2.24) is 4.98 Å². The first-order valence-corrected chi connectivity index (χ1v) is 6.46. The van der Waals surface area contributed by atoms with Gasteiger partial charge in [-0.15, -0.1) is 0 Å². The van der Waals surface area contributed by atoms with E-state index < -0.39 is 10.5 Å². The van der Waals surface area contributed by atoms with Crippen molar-refractivity contribution in [3.05, 3.63) is 59.9 Å². The Bertz CT molecular complexity index is 629. The minimum Gasteiger partial charge on any atom is -0.358 e. The lowest BCUT2D eigenvalue weighted by Crippen LogP contribution is -2.04. The minimum absolute atomic E-state index is 0.00295. The fraction of sp³-hybridized carbons (Fsp3) is 0.0833. The van der Waals surface area contributed by atoms with Crippen LogP contribution in [0.1, 0.15) is 11.1 Å². The summed E-state index contributed by atoms with van der Waals surface area (Å²) >= 11 is 0. The molecule has 0 N–H and O–H groups in total. The second-order valence-electron chi connectivity index (χ2n) is 3.62. The molecule has 1 aromatic carbocycles. The van der Waals surface area contributed by atoms with Crippen LogP contribution in [0.2, 0.25) is 0 Å². The van der Waals surface area contributed by atoms with E-state index in [1.165, 1.54) is 6.07 Å². The Balaban J connectivity index is 2.28. The van der Waals surface area contributed by atoms with Crippen LogP contribution < -0.4 is 4.18 Å². The molecule has 0 fully saturated rings. The Labute approximate surface area is 104 Å². The molecule has 0 atom stereocenters. The van der Waals surface area contributed by atoms with Crippen molar-refractivity contribution in [3.8, 4) is 5.75 Å². The highest BCUT2D eigenvalue weighted by Gasteiger charge is 2.13. The van der Waals surface area contributed by atoms with Gasteiger partial charge < -0.3 is 4.18 Å². The molecule has 0 saturated heterocycles. The zero-order valence-electron chi connectivity index (χ0n) is 9.28. The number of aromatic nitrogens is 1. The number of pyridine rings is 1. The second-order valence-corrected chi connectivity index (χ2v) is 4.57. The molecule has 0 bridgehead atoms. The van der Waals surface area contributed by atoms with Crippen molar-refractivity contribution in [3.63, 3.8) is 0 Å². The maximum absolute atomic E-state index is 12.5. The molecule has 0 saturated carbocycles. The van der Waals surface area contributed by atoms with Gasteiger partial charge in [-0.1, -0.05) is 22.1 Å². The summed E-state index contributed by atoms with van der Waals surface area (Å²) in [6.45, 7) is 0. The molecule has 2 aromatic rings. The summed E-state index contributed by atoms with van der Waals surface area (Å²) in [7, 11) is -5.00. The first kappa shape index (κ1) is 12.5. The number of rotatable bonds is 4. The Kier molecular flexibility index (Phi) is 3.57. The van der Waals surface area contributed by atoms with Crippen molar-refractivity contribution < 1.29 is 16.5 Å². The number of para-hydroxylation sites is 1. The van der Waals surface area contributed by atoms with Crippen molar-refractivity contribution in [2.45, 2.75) is 6.42 Å². The largest absolute Gasteiger partial charge is 0.488 e. The summed E-state index contributed by atoms with van der Waals surface area (Å²) in [6.07, 6.45) is 3.70. The molecule has 0 spiro atoms. The highest BCUT2D eigenvalue weighted by Crippen LogP contribution is 2.22. The van der Waals surface area contributed by atoms with Crippen LogP contribution >= 0.6 is 0 Å². The molecule has 2 rings (SSSR count). The normalized spacial score (nSPS) is 11.2. The van der Waals surface area contributed by atoms with Gasteiger partial charge >= 0.3 is 10.5 Å². The molecule has 0 aliphatic carbocycles. The maximum Gasteiger partial charge on any atom is 0.488 e. The highest BCUT2D eigenvalue weighted by atomic mass is 32.3. The van der Waals surface area contributed by atoms with Crippen LogP contribution in [0.5, 0.6) is 5.75 Å². The van der Waals surface area contributed by atoms with E-state index in [2.05, 4.69) is 9.17 Å². The number of halogens is 1. The van der Waals surface area contributed by atoms with E-state index in [-0.39, 0.29) is 5.75 Å². The molecule has 0 unspecified atom stereocenters. The van der Waals surface area contributed by atoms with Gasteiger partial charge in [-0.05, 0) is 23.8 Å². The van der Waals surface area contributed by atoms with Crippen molar-refractivity contribution in [2.24, 2.45) is 0 Å². The lowest BCUT2D eigenvalue weighted by molar-refractivity contribution is 0.438. The van der Waals surface area contributed by atoms with E-state index in [1.807, 2.05) is 0 Å². The fourth-order valence-corrected chi connectivity index (χ4v) is 1.94. The van der Waals surface area contributed by atoms with Gasteiger partial charge in [0.1, 0.15) is 5.75 Å². The molecule has 4 nitrogen and oxygen atoms in total. The second kappa shape index (κ2) is 5.14. The first-order valence-electron chi connectivity index (χ1n) is 5.15. The number of nitrogens with zero attached hydrogens (tertiary/aromatic N) is 1. The van der Waals surface area contributed by atoms with Gasteiger partial charge in [0.05, 0.1) is 0 Å². The maximum atomic E-state index is 12.5. The van der Waals surface area contributed by atoms with Crippen LogP contribution in [-0.2, 0) is 16.9 Å². The van der Waals surface area contributed by atoms with Gasteiger partial charge in [0.25, 0.3) is 0 Å². The topological polar surface area (TPSA) is 56.3 Å². The molecule has 1 heterocycles. The number of hydrogen-bond donors (Lipinski definition) is 0. The van der Waals surface area contributed by atoms with Crippen LogP contribution in [-0.4, -0.2) is 13.4 Å². The van der Waals surface area contributed by atoms with Crippen molar-refractivity contribution in [1.29, 1.82) is 0 Å². The quantitative estimate of drug-likeness (QED) is 0.797. The monoisotopic (exact) mass is 267 g/mol. The molecule has 6 heteroatoms. The molecule has 1 aromatic heterocycles. The van der Waals surface area contributed by atoms with Crippen LogP contribution in [0, 0.1) is 0 Å². The Morgan fingerprint density at radius 3 is 2.44 bits per heavy atom. The molecular weight excluding hydrogens is 257 g/mol. The van der Waals surface area contributed by atoms with Gasteiger partial charge in [0, 0.05) is 24.4 Å². The molecule has 0 aliphatic rings. The van der Waals surface area contributed by atoms with E-state index in [1.54, 1.807) is 42.7 Å². The van der Waals surface area contributed by atoms with E-state index in [4.69, 9.17) is 0 Å². The third-order valence-electron chi connectivity index (χ3n) is 2.31. The molecule has 0 amide bonds. The predicted molar refractivity (Wildman–Crippen MR) is 64.1 cm³/mol. The summed E-state index contributed by atoms with van der Waals surface area (Å²) in [5.41, 5.74) is 1.52. The van der Waals surface area contributed by atoms with Gasteiger partial charge in [0.15, 0.2) is 0 Å². The average Bonchev–Trinajstić information content (AvgIpc) is 2.31. The summed E-state index contributed by atoms with van der Waals surface area (Å²) in [5.74, 6) is -0.00295. The average molecular weight is 267 g/mol. The third kappa shape index (κ3) is 3.53. The molecule has 94 valence electrons. The highest BCUT2D eigenvalue weighted by molar-refractivity contribution is 7.81. The Hall–Kier alpha value is -1.95. The minimum atomic E-state index is -5.00. The summed E-state index contributed by atoms with van der Waals surface area (Å²) in [4.78, 5) is 3.88. The van der Waals surface area contributed by atoms with E-state index in [0.29, 0.717) is 12.0 Å². The zero-order chi connectivity index (χ0) is 13.0. The zero-order valence-corrected chi connectivity index (χ0v) is 10.1. The lowest BCUT2D eigenvalue weighted by atomic mass is 10.1. The summed E-state index contributed by atoms with van der Waals surface area (Å²) < 4.78 is 37.8. The van der Waals surface area contributed by atoms with Crippen molar-refractivity contribution in [2.75, 3.05) is 0 Å². The van der Waals surface area contributed by atoms with Crippen molar-refractivity contribution >= 4 is 10.5 Å². The first-order chi connectivity index (χ1) is 8.54. The van der Waals surface area contributed by atoms with Crippen LogP contribution in [0.4, 0.5) is 3.89 Å². The number of hydrogen-bond acceptors (Lipinski definition) is 4. The Morgan fingerprint density at radius 1 is 1.11 bits per heavy atom. The lowest BCUT2D eigenvalue weighted by Gasteiger charge is -2.07. The van der Waals surface area contributed by atoms with Gasteiger partial charge in [-0.2, -0.15) is 8.42 Å². The standard InChI is InChI=1S/C12H10FNO3S/c13-18(15,16)17-12-4-2-1-3-11(12)9-10-5-7-14-8-6-10/h1-8H,9H2. The van der Waals surface area contributed by atoms with E-state index >= 15 is 0 Å². The van der Waals surface area contributed by atoms with Crippen LogP contribution in [0.15, 0.2) is 48.8 Å². The molecular formula is C12H10FNO3S. The third-order valence-corrected chi connectivity index (χ3v) is 2.68. The van der Waals surface area contributed by atoms with Gasteiger partial charge in [-0.3, -0.25) is 4.98 Å². The van der Waals surface area contributed by atoms with E-state index in [9.17, 15) is 12.3 Å². The number of benzene rings is 1. The van der Waals surface area contributed by atoms with E-state index in [0.717, 1.165) is 5.56 Å². The predicted octanol–water partition coefficient (Wildman–Crippen LogP) is 2.27. The smallest absolute Gasteiger partial charge is 0.358 e. The summed E-state index contributed by atoms with van der Waals surface area (Å²) in [6, 6.07) is 9.99. The fourth-order valence-electron chi connectivity index (χ4n) is 1.56. The molecule has 18 heavy (non-hydrogen) atoms. The van der Waals surface area contributed by atoms with Gasteiger partial charge in [0.2, 0.25) is 0 Å². The summed E-state index contributed by atoms with van der Waals surface area (Å²) in [5, 5.41) is 0. The molecule has 0 radical (unpaired) electrons. The van der Waals surface area contributed by atoms with Crippen LogP contribution in [0.25, 0.3) is 0 Å². The SMILES string of the molecule is O=S(=O)(F)Oc1ccccc1Cc1ccncc1. The van der Waals surface area contributed by atoms with Gasteiger partial charge in [-0.25, -0.2) is 0 Å². The Morgan fingerprint density at radius 2 is 1.78 bits per heavy atom. The molecule has 0 aliphatic heterocycles.